The maximum Gasteiger partial charge on any atom is 0.101 e. The molecule has 0 amide bonds. The van der Waals surface area contributed by atoms with Crippen LogP contribution in [0, 0.1) is 11.3 Å². The predicted molar refractivity (Wildman–Crippen MR) is 61.7 cm³/mol. The molecule has 0 atom stereocenters. The maximum atomic E-state index is 8.79. The number of hydrogen-bond donors (Lipinski definition) is 1. The average Bonchev–Trinajstić information content (AvgIpc) is 2.39. The van der Waals surface area contributed by atoms with Gasteiger partial charge < -0.3 is 5.32 Å². The van der Waals surface area contributed by atoms with E-state index in [1.807, 2.05) is 19.2 Å². The molecule has 0 aliphatic rings. The van der Waals surface area contributed by atoms with Crippen LogP contribution in [0.4, 0.5) is 5.69 Å². The predicted octanol–water partition coefficient (Wildman–Crippen LogP) is 2.06. The maximum absolute atomic E-state index is 8.79. The normalized spacial score (nSPS) is 9.50. The second kappa shape index (κ2) is 4.41. The number of nitrogens with zero attached hydrogens (tertiary/aromatic N) is 3. The Hall–Kier alpha value is -2.41. The van der Waals surface area contributed by atoms with E-state index in [1.54, 1.807) is 18.5 Å². The van der Waals surface area contributed by atoms with Gasteiger partial charge in [-0.05, 0) is 18.2 Å². The summed E-state index contributed by atoms with van der Waals surface area (Å²) in [5.74, 6) is 0. The molecule has 2 aromatic heterocycles. The van der Waals surface area contributed by atoms with Gasteiger partial charge in [0.25, 0.3) is 0 Å². The molecule has 1 N–H and O–H groups in total. The molecule has 2 rings (SSSR count). The van der Waals surface area contributed by atoms with E-state index < -0.39 is 0 Å². The molecule has 78 valence electrons. The molecule has 2 aromatic rings. The van der Waals surface area contributed by atoms with Crippen LogP contribution < -0.4 is 5.32 Å². The molecule has 0 radical (unpaired) electrons. The van der Waals surface area contributed by atoms with E-state index in [4.69, 9.17) is 5.26 Å². The molecule has 0 saturated carbocycles. The smallest absolute Gasteiger partial charge is 0.101 e. The van der Waals surface area contributed by atoms with E-state index in [2.05, 4.69) is 21.4 Å². The van der Waals surface area contributed by atoms with Crippen molar-refractivity contribution in [2.75, 3.05) is 12.4 Å². The Morgan fingerprint density at radius 2 is 2.19 bits per heavy atom. The number of hydrogen-bond acceptors (Lipinski definition) is 4. The first-order valence-electron chi connectivity index (χ1n) is 4.83. The molecule has 0 saturated heterocycles. The fourth-order valence-corrected chi connectivity index (χ4v) is 1.39. The minimum atomic E-state index is 0.536. The summed E-state index contributed by atoms with van der Waals surface area (Å²) in [7, 11) is 1.85. The standard InChI is InChI=1S/C12H10N4/c1-14-11-2-3-16-12(5-11)10-4-9(6-13)7-15-8-10/h2-5,7-8H,1H3,(H,14,16). The topological polar surface area (TPSA) is 61.6 Å². The van der Waals surface area contributed by atoms with Gasteiger partial charge in [0, 0.05) is 36.9 Å². The first kappa shape index (κ1) is 10.1. The first-order chi connectivity index (χ1) is 7.83. The third-order valence-corrected chi connectivity index (χ3v) is 2.21. The van der Waals surface area contributed by atoms with Crippen LogP contribution in [-0.2, 0) is 0 Å². The number of pyridine rings is 2. The molecule has 16 heavy (non-hydrogen) atoms. The SMILES string of the molecule is CNc1ccnc(-c2cncc(C#N)c2)c1. The second-order valence-corrected chi connectivity index (χ2v) is 3.25. The highest BCUT2D eigenvalue weighted by Crippen LogP contribution is 2.19. The van der Waals surface area contributed by atoms with Gasteiger partial charge in [0.2, 0.25) is 0 Å². The Morgan fingerprint density at radius 1 is 1.31 bits per heavy atom. The minimum absolute atomic E-state index is 0.536. The zero-order chi connectivity index (χ0) is 11.4. The monoisotopic (exact) mass is 210 g/mol. The van der Waals surface area contributed by atoms with Crippen molar-refractivity contribution >= 4 is 5.69 Å². The Balaban J connectivity index is 2.46. The van der Waals surface area contributed by atoms with Gasteiger partial charge in [-0.3, -0.25) is 9.97 Å². The number of anilines is 1. The molecule has 0 fully saturated rings. The van der Waals surface area contributed by atoms with Gasteiger partial charge >= 0.3 is 0 Å². The highest BCUT2D eigenvalue weighted by molar-refractivity contribution is 5.64. The third-order valence-electron chi connectivity index (χ3n) is 2.21. The fraction of sp³-hybridized carbons (Fsp3) is 0.0833. The largest absolute Gasteiger partial charge is 0.388 e. The summed E-state index contributed by atoms with van der Waals surface area (Å²) in [5.41, 5.74) is 3.16. The van der Waals surface area contributed by atoms with E-state index in [9.17, 15) is 0 Å². The average molecular weight is 210 g/mol. The van der Waals surface area contributed by atoms with E-state index in [0.717, 1.165) is 16.9 Å². The number of nitrogens with one attached hydrogen (secondary N) is 1. The van der Waals surface area contributed by atoms with Crippen LogP contribution in [0.1, 0.15) is 5.56 Å². The van der Waals surface area contributed by atoms with Crippen molar-refractivity contribution in [3.8, 4) is 17.3 Å². The van der Waals surface area contributed by atoms with Gasteiger partial charge in [-0.2, -0.15) is 5.26 Å². The minimum Gasteiger partial charge on any atom is -0.388 e. The molecule has 2 heterocycles. The van der Waals surface area contributed by atoms with Crippen molar-refractivity contribution in [2.24, 2.45) is 0 Å². The number of nitriles is 1. The van der Waals surface area contributed by atoms with Crippen molar-refractivity contribution in [1.82, 2.24) is 9.97 Å². The summed E-state index contributed by atoms with van der Waals surface area (Å²) in [4.78, 5) is 8.25. The van der Waals surface area contributed by atoms with Crippen molar-refractivity contribution in [2.45, 2.75) is 0 Å². The summed E-state index contributed by atoms with van der Waals surface area (Å²) >= 11 is 0. The van der Waals surface area contributed by atoms with Crippen molar-refractivity contribution in [3.05, 3.63) is 42.4 Å². The van der Waals surface area contributed by atoms with E-state index in [1.165, 1.54) is 6.20 Å². The van der Waals surface area contributed by atoms with Gasteiger partial charge in [-0.15, -0.1) is 0 Å². The molecule has 0 aliphatic carbocycles. The Bertz CT molecular complexity index is 543. The summed E-state index contributed by atoms with van der Waals surface area (Å²) < 4.78 is 0. The molecule has 0 unspecified atom stereocenters. The van der Waals surface area contributed by atoms with Gasteiger partial charge in [-0.25, -0.2) is 0 Å². The van der Waals surface area contributed by atoms with Crippen LogP contribution in [0.5, 0.6) is 0 Å². The molecule has 0 aromatic carbocycles. The summed E-state index contributed by atoms with van der Waals surface area (Å²) in [6, 6.07) is 7.63. The summed E-state index contributed by atoms with van der Waals surface area (Å²) in [6.45, 7) is 0. The van der Waals surface area contributed by atoms with Crippen LogP contribution in [0.15, 0.2) is 36.8 Å². The van der Waals surface area contributed by atoms with Crippen LogP contribution in [0.2, 0.25) is 0 Å². The quantitative estimate of drug-likeness (QED) is 0.824. The zero-order valence-electron chi connectivity index (χ0n) is 8.81. The number of aromatic nitrogens is 2. The first-order valence-corrected chi connectivity index (χ1v) is 4.83. The van der Waals surface area contributed by atoms with Crippen molar-refractivity contribution < 1.29 is 0 Å². The van der Waals surface area contributed by atoms with E-state index in [0.29, 0.717) is 5.56 Å². The third kappa shape index (κ3) is 1.98. The molecular formula is C12H10N4. The fourth-order valence-electron chi connectivity index (χ4n) is 1.39. The van der Waals surface area contributed by atoms with Gasteiger partial charge in [0.05, 0.1) is 11.3 Å². The van der Waals surface area contributed by atoms with Crippen molar-refractivity contribution in [3.63, 3.8) is 0 Å². The van der Waals surface area contributed by atoms with E-state index in [-0.39, 0.29) is 0 Å². The highest BCUT2D eigenvalue weighted by Gasteiger charge is 2.01. The lowest BCUT2D eigenvalue weighted by atomic mass is 10.1. The van der Waals surface area contributed by atoms with Crippen LogP contribution in [-0.4, -0.2) is 17.0 Å². The molecule has 0 spiro atoms. The molecule has 4 heteroatoms. The summed E-state index contributed by atoms with van der Waals surface area (Å²) in [5, 5.41) is 11.8. The van der Waals surface area contributed by atoms with Crippen LogP contribution in [0.25, 0.3) is 11.3 Å². The Kier molecular flexibility index (Phi) is 2.79. The van der Waals surface area contributed by atoms with Crippen molar-refractivity contribution in [1.29, 1.82) is 5.26 Å². The van der Waals surface area contributed by atoms with Gasteiger partial charge in [-0.1, -0.05) is 0 Å². The van der Waals surface area contributed by atoms with Gasteiger partial charge in [0.1, 0.15) is 6.07 Å². The molecule has 4 nitrogen and oxygen atoms in total. The lowest BCUT2D eigenvalue weighted by Gasteiger charge is -2.03. The number of rotatable bonds is 2. The lowest BCUT2D eigenvalue weighted by molar-refractivity contribution is 1.26. The highest BCUT2D eigenvalue weighted by atomic mass is 14.8. The second-order valence-electron chi connectivity index (χ2n) is 3.25. The molecular weight excluding hydrogens is 200 g/mol. The van der Waals surface area contributed by atoms with Crippen LogP contribution >= 0.6 is 0 Å². The summed E-state index contributed by atoms with van der Waals surface area (Å²) in [6.07, 6.45) is 4.95. The van der Waals surface area contributed by atoms with Gasteiger partial charge in [0.15, 0.2) is 0 Å². The molecule has 0 bridgehead atoms. The molecule has 0 aliphatic heterocycles. The lowest BCUT2D eigenvalue weighted by Crippen LogP contribution is -1.91. The van der Waals surface area contributed by atoms with Crippen LogP contribution in [0.3, 0.4) is 0 Å². The Labute approximate surface area is 93.6 Å². The Morgan fingerprint density at radius 3 is 2.94 bits per heavy atom. The zero-order valence-corrected chi connectivity index (χ0v) is 8.81. The van der Waals surface area contributed by atoms with E-state index >= 15 is 0 Å².